The number of hydrogen-bond acceptors (Lipinski definition) is 8. The molecule has 0 unspecified atom stereocenters. The summed E-state index contributed by atoms with van der Waals surface area (Å²) in [5.41, 5.74) is 0. The van der Waals surface area contributed by atoms with Crippen LogP contribution in [0.3, 0.4) is 0 Å². The molecule has 4 rings (SSSR count). The van der Waals surface area contributed by atoms with Crippen LogP contribution < -0.4 is 9.64 Å². The lowest BCUT2D eigenvalue weighted by Crippen LogP contribution is -2.47. The van der Waals surface area contributed by atoms with Crippen molar-refractivity contribution in [2.75, 3.05) is 45.2 Å². The van der Waals surface area contributed by atoms with Crippen molar-refractivity contribution in [1.82, 2.24) is 19.2 Å². The maximum atomic E-state index is 12.7. The zero-order valence-corrected chi connectivity index (χ0v) is 20.5. The summed E-state index contributed by atoms with van der Waals surface area (Å²) < 4.78 is 37.8. The Kier molecular flexibility index (Phi) is 7.35. The molecule has 2 aromatic heterocycles. The van der Waals surface area contributed by atoms with E-state index in [2.05, 4.69) is 14.9 Å². The number of rotatable bonds is 6. The van der Waals surface area contributed by atoms with E-state index in [1.165, 1.54) is 4.31 Å². The van der Waals surface area contributed by atoms with Crippen LogP contribution in [0.15, 0.2) is 35.2 Å². The predicted octanol–water partition coefficient (Wildman–Crippen LogP) is 2.53. The largest absolute Gasteiger partial charge is 0.481 e. The van der Waals surface area contributed by atoms with Crippen LogP contribution in [0, 0.1) is 0 Å². The van der Waals surface area contributed by atoms with Crippen molar-refractivity contribution < 1.29 is 22.7 Å². The summed E-state index contributed by atoms with van der Waals surface area (Å²) in [4.78, 5) is 25.2. The Labute approximate surface area is 196 Å². The van der Waals surface area contributed by atoms with Gasteiger partial charge in [-0.15, -0.1) is 0 Å². The minimum Gasteiger partial charge on any atom is -0.481 e. The first-order valence-corrected chi connectivity index (χ1v) is 14.3. The van der Waals surface area contributed by atoms with Crippen LogP contribution in [-0.4, -0.2) is 86.2 Å². The van der Waals surface area contributed by atoms with Crippen LogP contribution >= 0.6 is 9.50 Å². The quantitative estimate of drug-likeness (QED) is 0.444. The van der Waals surface area contributed by atoms with Crippen molar-refractivity contribution in [3.8, 4) is 5.88 Å². The van der Waals surface area contributed by atoms with Gasteiger partial charge in [-0.25, -0.2) is 9.78 Å². The van der Waals surface area contributed by atoms with Gasteiger partial charge >= 0.3 is 15.1 Å². The first kappa shape index (κ1) is 23.7. The number of amides is 1. The number of thiophene rings is 1. The molecule has 0 radical (unpaired) electrons. The molecule has 33 heavy (non-hydrogen) atoms. The summed E-state index contributed by atoms with van der Waals surface area (Å²) >= 11 is 0. The Bertz CT molecular complexity index is 1030. The fourth-order valence-corrected chi connectivity index (χ4v) is 8.32. The Morgan fingerprint density at radius 2 is 1.79 bits per heavy atom. The summed E-state index contributed by atoms with van der Waals surface area (Å²) in [6, 6.07) is 5.31. The van der Waals surface area contributed by atoms with Gasteiger partial charge in [0.05, 0.1) is 7.11 Å². The molecule has 0 spiro atoms. The fourth-order valence-electron chi connectivity index (χ4n) is 4.15. The molecule has 2 fully saturated rings. The molecule has 4 heterocycles. The molecule has 0 saturated carbocycles. The van der Waals surface area contributed by atoms with Crippen LogP contribution in [0.4, 0.5) is 10.7 Å². The molecule has 1 amide bonds. The van der Waals surface area contributed by atoms with Gasteiger partial charge in [-0.05, 0) is 37.8 Å². The van der Waals surface area contributed by atoms with Gasteiger partial charge in [-0.1, -0.05) is 0 Å². The molecule has 12 heteroatoms. The molecule has 0 aromatic carbocycles. The van der Waals surface area contributed by atoms with Gasteiger partial charge < -0.3 is 19.3 Å². The highest BCUT2D eigenvalue weighted by atomic mass is 33.2. The molecule has 0 N–H and O–H groups in total. The van der Waals surface area contributed by atoms with Gasteiger partial charge in [0.2, 0.25) is 11.8 Å². The normalized spacial score (nSPS) is 18.8. The van der Waals surface area contributed by atoms with E-state index < -0.39 is 18.6 Å². The van der Waals surface area contributed by atoms with Crippen molar-refractivity contribution in [3.05, 3.63) is 35.2 Å². The van der Waals surface area contributed by atoms with E-state index in [0.29, 0.717) is 37.8 Å². The smallest absolute Gasteiger partial charge is 0.411 e. The second-order valence-electron chi connectivity index (χ2n) is 8.15. The predicted molar refractivity (Wildman–Crippen MR) is 126 cm³/mol. The SMILES string of the molecule is COc1ccnc(N2CCC(N(C)C(=O)OC3CCN(S(=O)(=O)[s+]4cccc4)CC3)CC2)n1. The van der Waals surface area contributed by atoms with Crippen LogP contribution in [0.1, 0.15) is 25.7 Å². The zero-order chi connectivity index (χ0) is 23.4. The van der Waals surface area contributed by atoms with E-state index in [1.807, 2.05) is 0 Å². The van der Waals surface area contributed by atoms with Crippen LogP contribution in [0.25, 0.3) is 0 Å². The monoisotopic (exact) mass is 496 g/mol. The number of nitrogens with zero attached hydrogens (tertiary/aromatic N) is 5. The number of aromatic nitrogens is 2. The number of methoxy groups -OCH3 is 1. The molecule has 2 aromatic rings. The first-order valence-electron chi connectivity index (χ1n) is 11.0. The van der Waals surface area contributed by atoms with Crippen molar-refractivity contribution >= 4 is 30.6 Å². The standard InChI is InChI=1S/C21H30N5O5S2/c1-24(17-6-11-25(12-7-17)20-22-10-5-19(23-20)30-2)21(27)31-18-8-13-26(14-9-18)33(28,29)32-15-3-4-16-32/h3-5,10,15-18H,6-9,11-14H2,1-2H3/q+1. The second-order valence-corrected chi connectivity index (χ2v) is 13.1. The average molecular weight is 497 g/mol. The highest BCUT2D eigenvalue weighted by molar-refractivity contribution is 8.37. The van der Waals surface area contributed by atoms with Gasteiger partial charge in [0.1, 0.15) is 15.6 Å². The number of carbonyl (C=O) groups is 1. The lowest BCUT2D eigenvalue weighted by molar-refractivity contribution is 0.0351. The van der Waals surface area contributed by atoms with Gasteiger partial charge in [-0.3, -0.25) is 0 Å². The summed E-state index contributed by atoms with van der Waals surface area (Å²) in [5, 5.41) is 3.42. The van der Waals surface area contributed by atoms with E-state index in [9.17, 15) is 13.2 Å². The molecule has 0 aliphatic carbocycles. The molecule has 10 nitrogen and oxygen atoms in total. The Morgan fingerprint density at radius 1 is 1.12 bits per heavy atom. The maximum absolute atomic E-state index is 12.7. The highest BCUT2D eigenvalue weighted by Crippen LogP contribution is 2.31. The summed E-state index contributed by atoms with van der Waals surface area (Å²) in [5.74, 6) is 1.15. The van der Waals surface area contributed by atoms with E-state index in [0.717, 1.165) is 25.9 Å². The Morgan fingerprint density at radius 3 is 2.42 bits per heavy atom. The lowest BCUT2D eigenvalue weighted by Gasteiger charge is -2.37. The maximum Gasteiger partial charge on any atom is 0.411 e. The molecule has 2 aliphatic rings. The van der Waals surface area contributed by atoms with Gasteiger partial charge in [0.15, 0.2) is 10.8 Å². The van der Waals surface area contributed by atoms with E-state index in [4.69, 9.17) is 9.47 Å². The first-order chi connectivity index (χ1) is 15.9. The van der Waals surface area contributed by atoms with E-state index in [-0.39, 0.29) is 18.2 Å². The summed E-state index contributed by atoms with van der Waals surface area (Å²) in [6.07, 6.45) is 3.64. The number of hydrogen-bond donors (Lipinski definition) is 0. The van der Waals surface area contributed by atoms with Gasteiger partial charge in [-0.2, -0.15) is 17.7 Å². The lowest BCUT2D eigenvalue weighted by atomic mass is 10.0. The number of anilines is 1. The molecular weight excluding hydrogens is 466 g/mol. The Balaban J connectivity index is 1.24. The molecule has 0 atom stereocenters. The van der Waals surface area contributed by atoms with Crippen LogP contribution in [0.2, 0.25) is 0 Å². The zero-order valence-electron chi connectivity index (χ0n) is 18.9. The molecule has 0 bridgehead atoms. The van der Waals surface area contributed by atoms with Crippen molar-refractivity contribution in [1.29, 1.82) is 0 Å². The third-order valence-corrected chi connectivity index (χ3v) is 11.3. The fraction of sp³-hybridized carbons (Fsp3) is 0.571. The van der Waals surface area contributed by atoms with Crippen LogP contribution in [-0.2, 0) is 13.8 Å². The summed E-state index contributed by atoms with van der Waals surface area (Å²) in [7, 11) is -0.908. The topological polar surface area (TPSA) is 105 Å². The number of carbonyl (C=O) groups excluding carboxylic acids is 1. The molecular formula is C21H30N5O5S2+. The third-order valence-electron chi connectivity index (χ3n) is 6.17. The highest BCUT2D eigenvalue weighted by Gasteiger charge is 2.37. The van der Waals surface area contributed by atoms with Crippen molar-refractivity contribution in [3.63, 3.8) is 0 Å². The third kappa shape index (κ3) is 5.39. The number of piperidine rings is 2. The van der Waals surface area contributed by atoms with Crippen molar-refractivity contribution in [2.24, 2.45) is 0 Å². The minimum absolute atomic E-state index is 0.0713. The average Bonchev–Trinajstić information content (AvgIpc) is 3.40. The van der Waals surface area contributed by atoms with Crippen LogP contribution in [0.5, 0.6) is 5.88 Å². The van der Waals surface area contributed by atoms with E-state index in [1.54, 1.807) is 54.2 Å². The minimum atomic E-state index is -3.37. The van der Waals surface area contributed by atoms with Crippen molar-refractivity contribution in [2.45, 2.75) is 37.8 Å². The Hall–Kier alpha value is -2.44. The van der Waals surface area contributed by atoms with Gasteiger partial charge in [0.25, 0.3) is 0 Å². The molecule has 2 saturated heterocycles. The number of ether oxygens (including phenoxy) is 2. The molecule has 2 aliphatic heterocycles. The van der Waals surface area contributed by atoms with Gasteiger partial charge in [0, 0.05) is 51.5 Å². The molecule has 180 valence electrons. The summed E-state index contributed by atoms with van der Waals surface area (Å²) in [6.45, 7) is 2.20. The van der Waals surface area contributed by atoms with E-state index >= 15 is 0 Å². The second kappa shape index (κ2) is 10.2.